The molecule has 3 rings (SSSR count). The molecule has 0 amide bonds. The largest absolute Gasteiger partial charge is 0.357 e. The summed E-state index contributed by atoms with van der Waals surface area (Å²) < 4.78 is 2.33. The molecule has 0 spiro atoms. The van der Waals surface area contributed by atoms with E-state index in [0.717, 1.165) is 57.3 Å². The second-order valence-electron chi connectivity index (χ2n) is 7.82. The number of nitrogens with one attached hydrogen (secondary N) is 1. The molecule has 1 fully saturated rings. The molecule has 0 bridgehead atoms. The van der Waals surface area contributed by atoms with Gasteiger partial charge in [-0.1, -0.05) is 20.3 Å². The lowest BCUT2D eigenvalue weighted by atomic mass is 9.87. The van der Waals surface area contributed by atoms with Crippen LogP contribution in [0.5, 0.6) is 0 Å². The fourth-order valence-corrected chi connectivity index (χ4v) is 3.91. The van der Waals surface area contributed by atoms with Gasteiger partial charge in [0.1, 0.15) is 11.6 Å². The number of guanidine groups is 1. The minimum absolute atomic E-state index is 0.431. The van der Waals surface area contributed by atoms with Crippen molar-refractivity contribution in [2.45, 2.75) is 72.3 Å². The molecule has 1 N–H and O–H groups in total. The third-order valence-electron chi connectivity index (χ3n) is 5.83. The van der Waals surface area contributed by atoms with E-state index < -0.39 is 0 Å². The summed E-state index contributed by atoms with van der Waals surface area (Å²) in [4.78, 5) is 7.32. The van der Waals surface area contributed by atoms with Gasteiger partial charge in [0.15, 0.2) is 5.96 Å². The van der Waals surface area contributed by atoms with Crippen LogP contribution >= 0.6 is 0 Å². The molecule has 3 heterocycles. The second-order valence-corrected chi connectivity index (χ2v) is 7.82. The average molecular weight is 347 g/mol. The smallest absolute Gasteiger partial charge is 0.193 e. The van der Waals surface area contributed by atoms with E-state index in [4.69, 9.17) is 4.99 Å². The molecule has 2 aliphatic heterocycles. The van der Waals surface area contributed by atoms with Crippen molar-refractivity contribution in [2.75, 3.05) is 26.2 Å². The molecular formula is C19H34N6. The Hall–Kier alpha value is -1.59. The van der Waals surface area contributed by atoms with Gasteiger partial charge < -0.3 is 14.8 Å². The van der Waals surface area contributed by atoms with Gasteiger partial charge >= 0.3 is 0 Å². The summed E-state index contributed by atoms with van der Waals surface area (Å²) in [7, 11) is 0. The predicted octanol–water partition coefficient (Wildman–Crippen LogP) is 2.63. The van der Waals surface area contributed by atoms with Crippen molar-refractivity contribution < 1.29 is 0 Å². The van der Waals surface area contributed by atoms with Crippen molar-refractivity contribution in [1.82, 2.24) is 25.0 Å². The fraction of sp³-hybridized carbons (Fsp3) is 0.842. The SMILES string of the molecule is CCNC(=NCCc1nnc2n1CCCCC2)N1CCC(C)(CC)C1. The van der Waals surface area contributed by atoms with E-state index in [2.05, 4.69) is 45.8 Å². The summed E-state index contributed by atoms with van der Waals surface area (Å²) in [5.41, 5.74) is 0.431. The Balaban J connectivity index is 1.62. The van der Waals surface area contributed by atoms with E-state index in [1.165, 1.54) is 37.9 Å². The molecule has 0 aliphatic carbocycles. The number of hydrogen-bond donors (Lipinski definition) is 1. The molecule has 140 valence electrons. The maximum absolute atomic E-state index is 4.89. The molecule has 1 aromatic rings. The van der Waals surface area contributed by atoms with Gasteiger partial charge in [-0.25, -0.2) is 0 Å². The summed E-state index contributed by atoms with van der Waals surface area (Å²) >= 11 is 0. The topological polar surface area (TPSA) is 58.3 Å². The molecule has 25 heavy (non-hydrogen) atoms. The summed E-state index contributed by atoms with van der Waals surface area (Å²) in [6, 6.07) is 0. The lowest BCUT2D eigenvalue weighted by Gasteiger charge is -2.25. The normalized spacial score (nSPS) is 24.3. The van der Waals surface area contributed by atoms with Crippen LogP contribution in [-0.4, -0.2) is 51.8 Å². The van der Waals surface area contributed by atoms with Crippen LogP contribution in [0.3, 0.4) is 0 Å². The van der Waals surface area contributed by atoms with E-state index in [-0.39, 0.29) is 0 Å². The Morgan fingerprint density at radius 1 is 1.20 bits per heavy atom. The fourth-order valence-electron chi connectivity index (χ4n) is 3.91. The summed E-state index contributed by atoms with van der Waals surface area (Å²) in [5, 5.41) is 12.3. The number of aliphatic imine (C=N–C) groups is 1. The predicted molar refractivity (Wildman–Crippen MR) is 102 cm³/mol. The van der Waals surface area contributed by atoms with Crippen LogP contribution in [0, 0.1) is 5.41 Å². The number of hydrogen-bond acceptors (Lipinski definition) is 3. The average Bonchev–Trinajstić information content (AvgIpc) is 3.11. The number of rotatable bonds is 5. The van der Waals surface area contributed by atoms with E-state index in [0.29, 0.717) is 5.41 Å². The van der Waals surface area contributed by atoms with Gasteiger partial charge in [-0.05, 0) is 38.0 Å². The van der Waals surface area contributed by atoms with Crippen molar-refractivity contribution in [3.05, 3.63) is 11.6 Å². The minimum atomic E-state index is 0.431. The molecule has 6 nitrogen and oxygen atoms in total. The number of nitrogens with zero attached hydrogens (tertiary/aromatic N) is 5. The number of fused-ring (bicyclic) bond motifs is 1. The summed E-state index contributed by atoms with van der Waals surface area (Å²) in [5.74, 6) is 3.34. The third kappa shape index (κ3) is 4.33. The van der Waals surface area contributed by atoms with Crippen molar-refractivity contribution in [3.63, 3.8) is 0 Å². The highest BCUT2D eigenvalue weighted by Gasteiger charge is 2.33. The van der Waals surface area contributed by atoms with Crippen LogP contribution in [0.1, 0.15) is 64.5 Å². The lowest BCUT2D eigenvalue weighted by Crippen LogP contribution is -2.41. The van der Waals surface area contributed by atoms with E-state index >= 15 is 0 Å². The van der Waals surface area contributed by atoms with Crippen LogP contribution < -0.4 is 5.32 Å². The Labute approximate surface area is 152 Å². The highest BCUT2D eigenvalue weighted by molar-refractivity contribution is 5.80. The van der Waals surface area contributed by atoms with Crippen molar-refractivity contribution in [1.29, 1.82) is 0 Å². The first-order valence-corrected chi connectivity index (χ1v) is 10.1. The first-order chi connectivity index (χ1) is 12.1. The Kier molecular flexibility index (Phi) is 5.97. The van der Waals surface area contributed by atoms with E-state index in [1.807, 2.05) is 0 Å². The molecule has 1 aromatic heterocycles. The molecule has 6 heteroatoms. The second kappa shape index (κ2) is 8.19. The molecule has 1 atom stereocenters. The third-order valence-corrected chi connectivity index (χ3v) is 5.83. The molecule has 1 saturated heterocycles. The van der Waals surface area contributed by atoms with Crippen LogP contribution in [-0.2, 0) is 19.4 Å². The first kappa shape index (κ1) is 18.2. The highest BCUT2D eigenvalue weighted by atomic mass is 15.3. The van der Waals surface area contributed by atoms with Crippen LogP contribution in [0.4, 0.5) is 0 Å². The van der Waals surface area contributed by atoms with E-state index in [1.54, 1.807) is 0 Å². The molecular weight excluding hydrogens is 312 g/mol. The van der Waals surface area contributed by atoms with Gasteiger partial charge in [-0.2, -0.15) is 0 Å². The Morgan fingerprint density at radius 2 is 2.08 bits per heavy atom. The quantitative estimate of drug-likeness (QED) is 0.658. The zero-order valence-electron chi connectivity index (χ0n) is 16.2. The molecule has 1 unspecified atom stereocenters. The summed E-state index contributed by atoms with van der Waals surface area (Å²) in [6.07, 6.45) is 8.22. The zero-order chi connectivity index (χ0) is 17.7. The summed E-state index contributed by atoms with van der Waals surface area (Å²) in [6.45, 7) is 11.8. The van der Waals surface area contributed by atoms with Crippen LogP contribution in [0.25, 0.3) is 0 Å². The van der Waals surface area contributed by atoms with Crippen LogP contribution in [0.15, 0.2) is 4.99 Å². The highest BCUT2D eigenvalue weighted by Crippen LogP contribution is 2.32. The minimum Gasteiger partial charge on any atom is -0.357 e. The Morgan fingerprint density at radius 3 is 2.84 bits per heavy atom. The lowest BCUT2D eigenvalue weighted by molar-refractivity contribution is 0.322. The van der Waals surface area contributed by atoms with Crippen molar-refractivity contribution in [2.24, 2.45) is 10.4 Å². The van der Waals surface area contributed by atoms with Gasteiger partial charge in [-0.15, -0.1) is 10.2 Å². The first-order valence-electron chi connectivity index (χ1n) is 10.1. The van der Waals surface area contributed by atoms with Crippen LogP contribution in [0.2, 0.25) is 0 Å². The standard InChI is InChI=1S/C19H34N6/c1-4-19(3)11-14-24(15-19)18(20-5-2)21-12-10-17-23-22-16-9-7-6-8-13-25(16)17/h4-15H2,1-3H3,(H,20,21). The van der Waals surface area contributed by atoms with Gasteiger partial charge in [0.05, 0.1) is 0 Å². The molecule has 0 aromatic carbocycles. The number of aryl methyl sites for hydroxylation is 1. The molecule has 2 aliphatic rings. The monoisotopic (exact) mass is 346 g/mol. The van der Waals surface area contributed by atoms with Gasteiger partial charge in [0.2, 0.25) is 0 Å². The number of likely N-dealkylation sites (tertiary alicyclic amines) is 1. The Bertz CT molecular complexity index is 593. The molecule has 0 saturated carbocycles. The zero-order valence-corrected chi connectivity index (χ0v) is 16.2. The van der Waals surface area contributed by atoms with Crippen molar-refractivity contribution in [3.8, 4) is 0 Å². The molecule has 0 radical (unpaired) electrons. The van der Waals surface area contributed by atoms with Gasteiger partial charge in [0, 0.05) is 45.6 Å². The van der Waals surface area contributed by atoms with Gasteiger partial charge in [0.25, 0.3) is 0 Å². The van der Waals surface area contributed by atoms with Crippen molar-refractivity contribution >= 4 is 5.96 Å². The number of aromatic nitrogens is 3. The maximum Gasteiger partial charge on any atom is 0.193 e. The maximum atomic E-state index is 4.89. The van der Waals surface area contributed by atoms with E-state index in [9.17, 15) is 0 Å². The van der Waals surface area contributed by atoms with Gasteiger partial charge in [-0.3, -0.25) is 4.99 Å².